The van der Waals surface area contributed by atoms with Crippen molar-refractivity contribution in [2.24, 2.45) is 11.8 Å². The van der Waals surface area contributed by atoms with E-state index >= 15 is 0 Å². The zero-order chi connectivity index (χ0) is 9.02. The highest BCUT2D eigenvalue weighted by atomic mass is 32.2. The fourth-order valence-electron chi connectivity index (χ4n) is 0.511. The van der Waals surface area contributed by atoms with Crippen LogP contribution in [-0.2, 0) is 0 Å². The Kier molecular flexibility index (Phi) is 4.91. The van der Waals surface area contributed by atoms with E-state index in [0.29, 0.717) is 11.2 Å². The highest BCUT2D eigenvalue weighted by molar-refractivity contribution is 8.03. The number of hydrogen-bond acceptors (Lipinski definition) is 1. The van der Waals surface area contributed by atoms with Crippen LogP contribution < -0.4 is 0 Å². The van der Waals surface area contributed by atoms with Gasteiger partial charge in [0.1, 0.15) is 0 Å². The van der Waals surface area contributed by atoms with Crippen molar-refractivity contribution in [2.45, 2.75) is 39.9 Å². The third-order valence-corrected chi connectivity index (χ3v) is 3.61. The zero-order valence-electron chi connectivity index (χ0n) is 8.35. The maximum absolute atomic E-state index is 4.04. The lowest BCUT2D eigenvalue weighted by Crippen LogP contribution is -2.06. The predicted molar refractivity (Wildman–Crippen MR) is 55.9 cm³/mol. The van der Waals surface area contributed by atoms with Gasteiger partial charge in [-0.2, -0.15) is 0 Å². The van der Waals surface area contributed by atoms with Crippen LogP contribution in [0.2, 0.25) is 0 Å². The SMILES string of the molecule is C=C(SC(C)C(C)C)C(C)C. The Morgan fingerprint density at radius 1 is 1.09 bits per heavy atom. The van der Waals surface area contributed by atoms with Gasteiger partial charge in [0.15, 0.2) is 0 Å². The van der Waals surface area contributed by atoms with Crippen LogP contribution in [0.25, 0.3) is 0 Å². The Balaban J connectivity index is 3.76. The summed E-state index contributed by atoms with van der Waals surface area (Å²) in [6.45, 7) is 15.2. The van der Waals surface area contributed by atoms with Crippen molar-refractivity contribution in [3.63, 3.8) is 0 Å². The molecular weight excluding hydrogens is 152 g/mol. The smallest absolute Gasteiger partial charge is 0.00857 e. The Morgan fingerprint density at radius 2 is 1.55 bits per heavy atom. The van der Waals surface area contributed by atoms with Gasteiger partial charge >= 0.3 is 0 Å². The molecule has 66 valence electrons. The third kappa shape index (κ3) is 4.52. The van der Waals surface area contributed by atoms with E-state index < -0.39 is 0 Å². The average Bonchev–Trinajstić information content (AvgIpc) is 1.87. The molecule has 0 aromatic carbocycles. The first kappa shape index (κ1) is 11.1. The van der Waals surface area contributed by atoms with E-state index in [1.54, 1.807) is 0 Å². The molecule has 0 amide bonds. The van der Waals surface area contributed by atoms with Crippen LogP contribution in [0.3, 0.4) is 0 Å². The zero-order valence-corrected chi connectivity index (χ0v) is 9.16. The fourth-order valence-corrected chi connectivity index (χ4v) is 1.53. The van der Waals surface area contributed by atoms with Crippen LogP contribution in [0, 0.1) is 11.8 Å². The average molecular weight is 172 g/mol. The van der Waals surface area contributed by atoms with Gasteiger partial charge in [0.05, 0.1) is 0 Å². The van der Waals surface area contributed by atoms with E-state index in [0.717, 1.165) is 5.92 Å². The van der Waals surface area contributed by atoms with E-state index in [9.17, 15) is 0 Å². The molecule has 0 bridgehead atoms. The summed E-state index contributed by atoms with van der Waals surface area (Å²) in [6.07, 6.45) is 0. The Hall–Kier alpha value is 0.0900. The van der Waals surface area contributed by atoms with Crippen LogP contribution in [0.15, 0.2) is 11.5 Å². The summed E-state index contributed by atoms with van der Waals surface area (Å²) in [5.41, 5.74) is 0. The number of rotatable bonds is 4. The lowest BCUT2D eigenvalue weighted by molar-refractivity contribution is 0.642. The van der Waals surface area contributed by atoms with E-state index in [2.05, 4.69) is 41.2 Å². The summed E-state index contributed by atoms with van der Waals surface area (Å²) in [6, 6.07) is 0. The normalized spacial score (nSPS) is 14.1. The maximum Gasteiger partial charge on any atom is 0.00857 e. The lowest BCUT2D eigenvalue weighted by atomic mass is 10.2. The second kappa shape index (κ2) is 4.87. The molecule has 0 saturated heterocycles. The van der Waals surface area contributed by atoms with Gasteiger partial charge in [0, 0.05) is 5.25 Å². The summed E-state index contributed by atoms with van der Waals surface area (Å²) in [5.74, 6) is 1.36. The molecule has 1 unspecified atom stereocenters. The third-order valence-electron chi connectivity index (χ3n) is 1.92. The molecule has 0 aromatic heterocycles. The van der Waals surface area contributed by atoms with Gasteiger partial charge in [-0.15, -0.1) is 11.8 Å². The van der Waals surface area contributed by atoms with Crippen LogP contribution in [0.1, 0.15) is 34.6 Å². The van der Waals surface area contributed by atoms with Crippen molar-refractivity contribution in [1.82, 2.24) is 0 Å². The van der Waals surface area contributed by atoms with Gasteiger partial charge in [-0.25, -0.2) is 0 Å². The fraction of sp³-hybridized carbons (Fsp3) is 0.800. The molecule has 0 aliphatic rings. The molecule has 0 rings (SSSR count). The van der Waals surface area contributed by atoms with Gasteiger partial charge in [0.2, 0.25) is 0 Å². The molecule has 0 spiro atoms. The minimum atomic E-state index is 0.612. The second-order valence-corrected chi connectivity index (χ2v) is 5.19. The minimum Gasteiger partial charge on any atom is -0.128 e. The standard InChI is InChI=1S/C10H20S/c1-7(2)9(5)11-10(6)8(3)4/h7-8,10H,5H2,1-4,6H3. The van der Waals surface area contributed by atoms with Crippen molar-refractivity contribution in [3.8, 4) is 0 Å². The Bertz CT molecular complexity index is 125. The lowest BCUT2D eigenvalue weighted by Gasteiger charge is -2.18. The van der Waals surface area contributed by atoms with E-state index in [1.165, 1.54) is 4.91 Å². The summed E-state index contributed by atoms with van der Waals surface area (Å²) in [5, 5.41) is 0.699. The van der Waals surface area contributed by atoms with Crippen molar-refractivity contribution >= 4 is 11.8 Å². The first-order chi connectivity index (χ1) is 4.95. The summed E-state index contributed by atoms with van der Waals surface area (Å²) < 4.78 is 0. The first-order valence-electron chi connectivity index (χ1n) is 4.30. The predicted octanol–water partition coefficient (Wildman–Crippen LogP) is 3.93. The van der Waals surface area contributed by atoms with Crippen LogP contribution in [0.4, 0.5) is 0 Å². The summed E-state index contributed by atoms with van der Waals surface area (Å²) in [4.78, 5) is 1.31. The molecule has 0 aromatic rings. The first-order valence-corrected chi connectivity index (χ1v) is 5.18. The molecule has 0 aliphatic heterocycles. The monoisotopic (exact) mass is 172 g/mol. The molecule has 0 N–H and O–H groups in total. The van der Waals surface area contributed by atoms with Crippen molar-refractivity contribution < 1.29 is 0 Å². The van der Waals surface area contributed by atoms with Gasteiger partial charge < -0.3 is 0 Å². The Morgan fingerprint density at radius 3 is 1.82 bits per heavy atom. The molecule has 1 heteroatoms. The van der Waals surface area contributed by atoms with Crippen LogP contribution >= 0.6 is 11.8 Å². The molecular formula is C10H20S. The molecule has 0 radical (unpaired) electrons. The molecule has 11 heavy (non-hydrogen) atoms. The minimum absolute atomic E-state index is 0.612. The highest BCUT2D eigenvalue weighted by Crippen LogP contribution is 2.29. The van der Waals surface area contributed by atoms with Gasteiger partial charge in [-0.05, 0) is 16.7 Å². The van der Waals surface area contributed by atoms with Crippen molar-refractivity contribution in [2.75, 3.05) is 0 Å². The summed E-state index contributed by atoms with van der Waals surface area (Å²) in [7, 11) is 0. The molecule has 0 saturated carbocycles. The molecule has 1 atom stereocenters. The summed E-state index contributed by atoms with van der Waals surface area (Å²) >= 11 is 1.92. The van der Waals surface area contributed by atoms with Gasteiger partial charge in [-0.1, -0.05) is 41.2 Å². The topological polar surface area (TPSA) is 0 Å². The molecule has 0 aliphatic carbocycles. The van der Waals surface area contributed by atoms with Crippen molar-refractivity contribution in [3.05, 3.63) is 11.5 Å². The van der Waals surface area contributed by atoms with Crippen LogP contribution in [-0.4, -0.2) is 5.25 Å². The largest absolute Gasteiger partial charge is 0.128 e. The number of allylic oxidation sites excluding steroid dienone is 1. The molecule has 0 heterocycles. The molecule has 0 nitrogen and oxygen atoms in total. The van der Waals surface area contributed by atoms with E-state index in [-0.39, 0.29) is 0 Å². The second-order valence-electron chi connectivity index (χ2n) is 3.69. The molecule has 0 fully saturated rings. The number of thioether (sulfide) groups is 1. The highest BCUT2D eigenvalue weighted by Gasteiger charge is 2.10. The Labute approximate surface area is 75.5 Å². The van der Waals surface area contributed by atoms with Gasteiger partial charge in [-0.3, -0.25) is 0 Å². The quantitative estimate of drug-likeness (QED) is 0.619. The maximum atomic E-state index is 4.04. The van der Waals surface area contributed by atoms with Crippen LogP contribution in [0.5, 0.6) is 0 Å². The van der Waals surface area contributed by atoms with E-state index in [1.807, 2.05) is 11.8 Å². The van der Waals surface area contributed by atoms with Crippen molar-refractivity contribution in [1.29, 1.82) is 0 Å². The van der Waals surface area contributed by atoms with Gasteiger partial charge in [0.25, 0.3) is 0 Å². The number of hydrogen-bond donors (Lipinski definition) is 0. The van der Waals surface area contributed by atoms with E-state index in [4.69, 9.17) is 0 Å².